The van der Waals surface area contributed by atoms with Crippen molar-refractivity contribution in [2.75, 3.05) is 20.3 Å². The van der Waals surface area contributed by atoms with Crippen LogP contribution in [0.25, 0.3) is 0 Å². The van der Waals surface area contributed by atoms with Crippen LogP contribution in [0.15, 0.2) is 17.0 Å². The number of benzene rings is 1. The Labute approximate surface area is 133 Å². The summed E-state index contributed by atoms with van der Waals surface area (Å²) in [6.07, 6.45) is 1.54. The van der Waals surface area contributed by atoms with E-state index in [0.717, 1.165) is 18.9 Å². The second-order valence-electron chi connectivity index (χ2n) is 4.85. The number of ether oxygens (including phenoxy) is 1. The van der Waals surface area contributed by atoms with Crippen LogP contribution in [0.4, 0.5) is 4.39 Å². The molecule has 1 aromatic rings. The first-order valence-corrected chi connectivity index (χ1v) is 8.81. The molecule has 1 fully saturated rings. The molecule has 1 aromatic carbocycles. The van der Waals surface area contributed by atoms with Gasteiger partial charge < -0.3 is 4.74 Å². The quantitative estimate of drug-likeness (QED) is 0.706. The summed E-state index contributed by atoms with van der Waals surface area (Å²) in [5.41, 5.74) is 0.0743. The van der Waals surface area contributed by atoms with E-state index in [1.807, 2.05) is 0 Å². The number of rotatable bonds is 7. The Morgan fingerprint density at radius 3 is 2.62 bits per heavy atom. The van der Waals surface area contributed by atoms with E-state index in [2.05, 4.69) is 0 Å². The van der Waals surface area contributed by atoms with Gasteiger partial charge in [0.2, 0.25) is 10.0 Å². The maximum Gasteiger partial charge on any atom is 0.246 e. The lowest BCUT2D eigenvalue weighted by Gasteiger charge is -2.22. The van der Waals surface area contributed by atoms with Crippen molar-refractivity contribution >= 4 is 33.2 Å². The lowest BCUT2D eigenvalue weighted by molar-refractivity contribution is 0.177. The van der Waals surface area contributed by atoms with Crippen molar-refractivity contribution in [3.63, 3.8) is 0 Å². The highest BCUT2D eigenvalue weighted by Crippen LogP contribution is 2.34. The number of halogens is 3. The molecular formula is C13H16Cl2FNO3S. The Balaban J connectivity index is 2.44. The molecule has 0 spiro atoms. The lowest BCUT2D eigenvalue weighted by Crippen LogP contribution is -2.36. The zero-order chi connectivity index (χ0) is 15.6. The van der Waals surface area contributed by atoms with E-state index in [0.29, 0.717) is 0 Å². The normalized spacial score (nSPS) is 15.7. The predicted octanol–water partition coefficient (Wildman–Crippen LogP) is 3.02. The molecule has 0 atom stereocenters. The van der Waals surface area contributed by atoms with Gasteiger partial charge in [-0.3, -0.25) is 0 Å². The molecule has 8 heteroatoms. The number of alkyl halides is 1. The van der Waals surface area contributed by atoms with Gasteiger partial charge >= 0.3 is 0 Å². The van der Waals surface area contributed by atoms with Gasteiger partial charge in [0.1, 0.15) is 10.7 Å². The second-order valence-corrected chi connectivity index (χ2v) is 7.41. The third-order valence-electron chi connectivity index (χ3n) is 3.28. The molecule has 2 rings (SSSR count). The fourth-order valence-electron chi connectivity index (χ4n) is 2.07. The van der Waals surface area contributed by atoms with Crippen LogP contribution >= 0.6 is 23.2 Å². The maximum atomic E-state index is 14.3. The van der Waals surface area contributed by atoms with Crippen molar-refractivity contribution in [2.45, 2.75) is 29.7 Å². The summed E-state index contributed by atoms with van der Waals surface area (Å²) in [5, 5.41) is 0.146. The molecule has 0 aliphatic heterocycles. The van der Waals surface area contributed by atoms with Gasteiger partial charge in [-0.1, -0.05) is 11.6 Å². The minimum atomic E-state index is -3.96. The van der Waals surface area contributed by atoms with Crippen LogP contribution in [-0.2, 0) is 20.6 Å². The van der Waals surface area contributed by atoms with Crippen LogP contribution in [-0.4, -0.2) is 39.0 Å². The SMILES string of the molecule is COCCN(C1CC1)S(=O)(=O)c1cc(Cl)cc(CCl)c1F. The van der Waals surface area contributed by atoms with Gasteiger partial charge in [-0.15, -0.1) is 11.6 Å². The molecule has 4 nitrogen and oxygen atoms in total. The average Bonchev–Trinajstić information content (AvgIpc) is 3.25. The van der Waals surface area contributed by atoms with Crippen molar-refractivity contribution in [1.29, 1.82) is 0 Å². The zero-order valence-corrected chi connectivity index (χ0v) is 13.8. The van der Waals surface area contributed by atoms with Crippen LogP contribution in [0.2, 0.25) is 5.02 Å². The standard InChI is InChI=1S/C13H16Cl2FNO3S/c1-20-5-4-17(11-2-3-11)21(18,19)12-7-10(15)6-9(8-14)13(12)16/h6-7,11H,2-5,8H2,1H3. The van der Waals surface area contributed by atoms with Crippen molar-refractivity contribution in [3.05, 3.63) is 28.5 Å². The molecule has 21 heavy (non-hydrogen) atoms. The highest BCUT2D eigenvalue weighted by molar-refractivity contribution is 7.89. The average molecular weight is 356 g/mol. The fourth-order valence-corrected chi connectivity index (χ4v) is 4.38. The van der Waals surface area contributed by atoms with E-state index in [1.165, 1.54) is 17.5 Å². The fraction of sp³-hybridized carbons (Fsp3) is 0.538. The number of hydrogen-bond acceptors (Lipinski definition) is 3. The van der Waals surface area contributed by atoms with Gasteiger partial charge in [-0.25, -0.2) is 12.8 Å². The van der Waals surface area contributed by atoms with Crippen LogP contribution in [0.3, 0.4) is 0 Å². The Morgan fingerprint density at radius 1 is 1.43 bits per heavy atom. The van der Waals surface area contributed by atoms with Crippen molar-refractivity contribution in [3.8, 4) is 0 Å². The summed E-state index contributed by atoms with van der Waals surface area (Å²) in [6.45, 7) is 0.436. The molecule has 1 aliphatic rings. The van der Waals surface area contributed by atoms with Gasteiger partial charge in [0.25, 0.3) is 0 Å². The minimum absolute atomic E-state index is 0.0743. The lowest BCUT2D eigenvalue weighted by atomic mass is 10.2. The van der Waals surface area contributed by atoms with Gasteiger partial charge in [0.15, 0.2) is 0 Å². The Morgan fingerprint density at radius 2 is 2.10 bits per heavy atom. The third-order valence-corrected chi connectivity index (χ3v) is 5.74. The van der Waals surface area contributed by atoms with Crippen molar-refractivity contribution in [1.82, 2.24) is 4.31 Å². The van der Waals surface area contributed by atoms with E-state index in [-0.39, 0.29) is 35.7 Å². The molecule has 0 unspecified atom stereocenters. The van der Waals surface area contributed by atoms with Gasteiger partial charge in [-0.2, -0.15) is 4.31 Å². The summed E-state index contributed by atoms with van der Waals surface area (Å²) in [4.78, 5) is -0.423. The van der Waals surface area contributed by atoms with Crippen LogP contribution < -0.4 is 0 Å². The minimum Gasteiger partial charge on any atom is -0.383 e. The molecule has 0 radical (unpaired) electrons. The molecule has 0 N–H and O–H groups in total. The summed E-state index contributed by atoms with van der Waals surface area (Å²) in [5.74, 6) is -0.978. The molecule has 0 bridgehead atoms. The summed E-state index contributed by atoms with van der Waals surface area (Å²) < 4.78 is 45.9. The molecule has 0 saturated heterocycles. The Bertz CT molecular complexity index is 620. The first kappa shape index (κ1) is 17.0. The van der Waals surface area contributed by atoms with Gasteiger partial charge in [0.05, 0.1) is 12.5 Å². The molecule has 1 saturated carbocycles. The zero-order valence-electron chi connectivity index (χ0n) is 11.5. The van der Waals surface area contributed by atoms with Crippen LogP contribution in [0, 0.1) is 5.82 Å². The number of nitrogens with zero attached hydrogens (tertiary/aromatic N) is 1. The number of sulfonamides is 1. The van der Waals surface area contributed by atoms with Crippen LogP contribution in [0.5, 0.6) is 0 Å². The summed E-state index contributed by atoms with van der Waals surface area (Å²) >= 11 is 11.5. The van der Waals surface area contributed by atoms with Gasteiger partial charge in [0, 0.05) is 30.3 Å². The molecule has 0 aromatic heterocycles. The van der Waals surface area contributed by atoms with Crippen LogP contribution in [0.1, 0.15) is 18.4 Å². The largest absolute Gasteiger partial charge is 0.383 e. The smallest absolute Gasteiger partial charge is 0.246 e. The molecule has 1 aliphatic carbocycles. The van der Waals surface area contributed by atoms with E-state index >= 15 is 0 Å². The highest BCUT2D eigenvalue weighted by Gasteiger charge is 2.39. The summed E-state index contributed by atoms with van der Waals surface area (Å²) in [6, 6.07) is 2.37. The Hall–Kier alpha value is -0.400. The first-order valence-electron chi connectivity index (χ1n) is 6.46. The second kappa shape index (κ2) is 6.79. The molecule has 118 valence electrons. The Kier molecular flexibility index (Phi) is 5.48. The topological polar surface area (TPSA) is 46.6 Å². The van der Waals surface area contributed by atoms with E-state index in [1.54, 1.807) is 0 Å². The van der Waals surface area contributed by atoms with Crippen molar-refractivity contribution < 1.29 is 17.5 Å². The van der Waals surface area contributed by atoms with E-state index < -0.39 is 20.7 Å². The number of hydrogen-bond donors (Lipinski definition) is 0. The highest BCUT2D eigenvalue weighted by atomic mass is 35.5. The van der Waals surface area contributed by atoms with Crippen molar-refractivity contribution in [2.24, 2.45) is 0 Å². The van der Waals surface area contributed by atoms with E-state index in [4.69, 9.17) is 27.9 Å². The molecule has 0 amide bonds. The third kappa shape index (κ3) is 3.68. The molecular weight excluding hydrogens is 340 g/mol. The monoisotopic (exact) mass is 355 g/mol. The van der Waals surface area contributed by atoms with E-state index in [9.17, 15) is 12.8 Å². The molecule has 0 heterocycles. The maximum absolute atomic E-state index is 14.3. The number of methoxy groups -OCH3 is 1. The summed E-state index contributed by atoms with van der Waals surface area (Å²) in [7, 11) is -2.47. The predicted molar refractivity (Wildman–Crippen MR) is 79.8 cm³/mol. The van der Waals surface area contributed by atoms with Gasteiger partial charge in [-0.05, 0) is 25.0 Å². The first-order chi connectivity index (χ1) is 9.91.